The van der Waals surface area contributed by atoms with E-state index in [-0.39, 0.29) is 0 Å². The molecule has 0 aliphatic rings. The van der Waals surface area contributed by atoms with Gasteiger partial charge in [-0.25, -0.2) is 0 Å². The second-order valence-corrected chi connectivity index (χ2v) is 3.56. The summed E-state index contributed by atoms with van der Waals surface area (Å²) in [7, 11) is 0. The Bertz CT molecular complexity index is 376. The lowest BCUT2D eigenvalue weighted by Crippen LogP contribution is -2.22. The van der Waals surface area contributed by atoms with Gasteiger partial charge in [-0.15, -0.1) is 0 Å². The lowest BCUT2D eigenvalue weighted by molar-refractivity contribution is -0.208. The van der Waals surface area contributed by atoms with Gasteiger partial charge in [0.2, 0.25) is 0 Å². The van der Waals surface area contributed by atoms with E-state index in [4.69, 9.17) is 10.2 Å². The summed E-state index contributed by atoms with van der Waals surface area (Å²) in [6.45, 7) is 0. The average molecular weight is 274 g/mol. The molecular weight excluding hydrogens is 266 g/mol. The molecule has 0 amide bonds. The molecule has 0 aromatic heterocycles. The van der Waals surface area contributed by atoms with E-state index in [0.29, 0.717) is 6.07 Å². The van der Waals surface area contributed by atoms with Crippen molar-refractivity contribution >= 4 is 0 Å². The number of rotatable bonds is 2. The lowest BCUT2D eigenvalue weighted by Gasteiger charge is -2.18. The Morgan fingerprint density at radius 1 is 0.778 bits per heavy atom. The first-order valence-corrected chi connectivity index (χ1v) is 4.63. The maximum Gasteiger partial charge on any atom is 0.418 e. The Hall–Kier alpha value is -1.28. The van der Waals surface area contributed by atoms with Crippen LogP contribution in [0.5, 0.6) is 0 Å². The van der Waals surface area contributed by atoms with Crippen molar-refractivity contribution < 1.29 is 36.6 Å². The third-order valence-electron chi connectivity index (χ3n) is 2.16. The van der Waals surface area contributed by atoms with Crippen LogP contribution in [0.2, 0.25) is 0 Å². The Morgan fingerprint density at radius 3 is 1.39 bits per heavy atom. The van der Waals surface area contributed by atoms with Crippen LogP contribution in [0.15, 0.2) is 24.3 Å². The fourth-order valence-corrected chi connectivity index (χ4v) is 1.28. The van der Waals surface area contributed by atoms with E-state index >= 15 is 0 Å². The first kappa shape index (κ1) is 14.8. The van der Waals surface area contributed by atoms with Crippen LogP contribution in [-0.2, 0) is 0 Å². The zero-order chi connectivity index (χ0) is 14.1. The molecule has 0 aliphatic heterocycles. The van der Waals surface area contributed by atoms with Crippen LogP contribution >= 0.6 is 0 Å². The van der Waals surface area contributed by atoms with Crippen molar-refractivity contribution in [1.29, 1.82) is 0 Å². The van der Waals surface area contributed by atoms with Crippen molar-refractivity contribution in [2.75, 3.05) is 0 Å². The van der Waals surface area contributed by atoms with Gasteiger partial charge in [0.25, 0.3) is 0 Å². The predicted octanol–water partition coefficient (Wildman–Crippen LogP) is 2.88. The van der Waals surface area contributed by atoms with E-state index in [0.717, 1.165) is 18.2 Å². The fourth-order valence-electron chi connectivity index (χ4n) is 1.28. The zero-order valence-corrected chi connectivity index (χ0v) is 8.63. The van der Waals surface area contributed by atoms with Gasteiger partial charge in [0.1, 0.15) is 0 Å². The van der Waals surface area contributed by atoms with Crippen LogP contribution in [0.3, 0.4) is 0 Å². The molecular formula is C10H8F6O2. The molecule has 18 heavy (non-hydrogen) atoms. The van der Waals surface area contributed by atoms with Gasteiger partial charge in [-0.1, -0.05) is 18.2 Å². The summed E-state index contributed by atoms with van der Waals surface area (Å²) in [5, 5.41) is 17.8. The molecule has 8 heteroatoms. The molecule has 0 bridgehead atoms. The third kappa shape index (κ3) is 3.36. The Kier molecular flexibility index (Phi) is 3.92. The number of benzene rings is 1. The van der Waals surface area contributed by atoms with Gasteiger partial charge in [0, 0.05) is 0 Å². The molecule has 2 N–H and O–H groups in total. The van der Waals surface area contributed by atoms with E-state index in [1.807, 2.05) is 0 Å². The van der Waals surface area contributed by atoms with Gasteiger partial charge < -0.3 is 10.2 Å². The van der Waals surface area contributed by atoms with Gasteiger partial charge in [-0.3, -0.25) is 0 Å². The maximum atomic E-state index is 12.2. The van der Waals surface area contributed by atoms with Crippen LogP contribution in [-0.4, -0.2) is 22.6 Å². The molecule has 1 aromatic rings. The van der Waals surface area contributed by atoms with Gasteiger partial charge in [0.05, 0.1) is 0 Å². The Balaban J connectivity index is 3.07. The minimum absolute atomic E-state index is 0.469. The van der Waals surface area contributed by atoms with Crippen LogP contribution < -0.4 is 0 Å². The van der Waals surface area contributed by atoms with Crippen LogP contribution in [0.25, 0.3) is 0 Å². The highest BCUT2D eigenvalue weighted by atomic mass is 19.4. The van der Waals surface area contributed by atoms with E-state index in [1.165, 1.54) is 0 Å². The van der Waals surface area contributed by atoms with E-state index in [2.05, 4.69) is 0 Å². The smallest absolute Gasteiger partial charge is 0.379 e. The number of halogens is 6. The number of hydrogen-bond donors (Lipinski definition) is 2. The highest BCUT2D eigenvalue weighted by Crippen LogP contribution is 2.36. The Morgan fingerprint density at radius 2 is 1.11 bits per heavy atom. The molecule has 0 spiro atoms. The number of aliphatic hydroxyl groups excluding tert-OH is 2. The van der Waals surface area contributed by atoms with E-state index in [1.54, 1.807) is 0 Å². The van der Waals surface area contributed by atoms with Gasteiger partial charge in [-0.05, 0) is 17.2 Å². The second kappa shape index (κ2) is 4.77. The highest BCUT2D eigenvalue weighted by molar-refractivity contribution is 5.28. The van der Waals surface area contributed by atoms with Gasteiger partial charge in [0.15, 0.2) is 12.2 Å². The van der Waals surface area contributed by atoms with E-state index in [9.17, 15) is 26.3 Å². The summed E-state index contributed by atoms with van der Waals surface area (Å²) in [5.74, 6) is 0. The maximum absolute atomic E-state index is 12.2. The molecule has 2 unspecified atom stereocenters. The monoisotopic (exact) mass is 274 g/mol. The molecule has 0 radical (unpaired) electrons. The number of aliphatic hydroxyl groups is 2. The largest absolute Gasteiger partial charge is 0.418 e. The molecule has 0 heterocycles. The second-order valence-electron chi connectivity index (χ2n) is 3.56. The summed E-state index contributed by atoms with van der Waals surface area (Å²) in [6.07, 6.45) is -15.8. The van der Waals surface area contributed by atoms with E-state index < -0.39 is 35.7 Å². The normalized spacial score (nSPS) is 16.4. The topological polar surface area (TPSA) is 40.5 Å². The number of alkyl halides is 6. The van der Waals surface area contributed by atoms with Crippen molar-refractivity contribution in [2.24, 2.45) is 0 Å². The van der Waals surface area contributed by atoms with Crippen LogP contribution in [0, 0.1) is 0 Å². The molecule has 2 atom stereocenters. The Labute approximate surface area is 97.5 Å². The number of hydrogen-bond acceptors (Lipinski definition) is 2. The van der Waals surface area contributed by atoms with Crippen molar-refractivity contribution in [3.63, 3.8) is 0 Å². The molecule has 0 fully saturated rings. The molecule has 1 rings (SSSR count). The third-order valence-corrected chi connectivity index (χ3v) is 2.16. The van der Waals surface area contributed by atoms with Crippen molar-refractivity contribution in [1.82, 2.24) is 0 Å². The summed E-state index contributed by atoms with van der Waals surface area (Å²) in [5.41, 5.74) is -1.52. The summed E-state index contributed by atoms with van der Waals surface area (Å²) in [6, 6.07) is 3.01. The highest BCUT2D eigenvalue weighted by Gasteiger charge is 2.42. The zero-order valence-electron chi connectivity index (χ0n) is 8.63. The summed E-state index contributed by atoms with van der Waals surface area (Å²) in [4.78, 5) is 0. The molecule has 1 aromatic carbocycles. The first-order chi connectivity index (χ1) is 8.03. The minimum Gasteiger partial charge on any atom is -0.379 e. The van der Waals surface area contributed by atoms with Crippen molar-refractivity contribution in [3.8, 4) is 0 Å². The van der Waals surface area contributed by atoms with Gasteiger partial charge in [-0.2, -0.15) is 26.3 Å². The summed E-state index contributed by atoms with van der Waals surface area (Å²) < 4.78 is 73.0. The average Bonchev–Trinajstić information content (AvgIpc) is 2.24. The molecule has 0 saturated carbocycles. The quantitative estimate of drug-likeness (QED) is 0.814. The predicted molar refractivity (Wildman–Crippen MR) is 48.5 cm³/mol. The fraction of sp³-hybridized carbons (Fsp3) is 0.400. The lowest BCUT2D eigenvalue weighted by atomic mass is 10.0. The van der Waals surface area contributed by atoms with Gasteiger partial charge >= 0.3 is 12.4 Å². The molecule has 0 aliphatic carbocycles. The standard InChI is InChI=1S/C10H8F6O2/c11-9(12,13)7(17)5-2-1-3-6(4-5)8(18)10(14,15)16/h1-4,7-8,17-18H. The van der Waals surface area contributed by atoms with Crippen LogP contribution in [0.1, 0.15) is 23.3 Å². The summed E-state index contributed by atoms with van der Waals surface area (Å²) >= 11 is 0. The van der Waals surface area contributed by atoms with Crippen LogP contribution in [0.4, 0.5) is 26.3 Å². The molecule has 0 saturated heterocycles. The SMILES string of the molecule is OC(c1cccc(C(O)C(F)(F)F)c1)C(F)(F)F. The molecule has 2 nitrogen and oxygen atoms in total. The minimum atomic E-state index is -4.98. The first-order valence-electron chi connectivity index (χ1n) is 4.63. The van der Waals surface area contributed by atoms with Crippen molar-refractivity contribution in [2.45, 2.75) is 24.6 Å². The molecule has 102 valence electrons. The van der Waals surface area contributed by atoms with Crippen molar-refractivity contribution in [3.05, 3.63) is 35.4 Å².